The van der Waals surface area contributed by atoms with E-state index in [0.29, 0.717) is 6.07 Å². The number of hydrogen-bond donors (Lipinski definition) is 2. The van der Waals surface area contributed by atoms with Crippen molar-refractivity contribution in [2.75, 3.05) is 5.32 Å². The van der Waals surface area contributed by atoms with E-state index in [1.165, 1.54) is 12.1 Å². The van der Waals surface area contributed by atoms with Crippen molar-refractivity contribution < 1.29 is 23.1 Å². The third-order valence-corrected chi connectivity index (χ3v) is 3.01. The minimum atomic E-state index is -1.52. The van der Waals surface area contributed by atoms with Crippen molar-refractivity contribution in [3.8, 4) is 0 Å². The van der Waals surface area contributed by atoms with Crippen LogP contribution in [0.4, 0.5) is 18.9 Å². The molecule has 0 bridgehead atoms. The number of anilines is 1. The van der Waals surface area contributed by atoms with Crippen molar-refractivity contribution in [3.05, 3.63) is 63.9 Å². The van der Waals surface area contributed by atoms with Gasteiger partial charge in [0.25, 0.3) is 0 Å². The van der Waals surface area contributed by atoms with Crippen LogP contribution >= 0.6 is 11.6 Å². The Morgan fingerprint density at radius 1 is 1.10 bits per heavy atom. The molecule has 2 aromatic rings. The van der Waals surface area contributed by atoms with E-state index in [4.69, 9.17) is 16.7 Å². The van der Waals surface area contributed by atoms with Crippen LogP contribution < -0.4 is 5.32 Å². The number of rotatable bonds is 4. The lowest BCUT2D eigenvalue weighted by molar-refractivity contribution is 0.0692. The van der Waals surface area contributed by atoms with Gasteiger partial charge in [-0.05, 0) is 18.2 Å². The predicted octanol–water partition coefficient (Wildman–Crippen LogP) is 4.07. The van der Waals surface area contributed by atoms with Gasteiger partial charge in [-0.25, -0.2) is 18.0 Å². The molecular weight excluding hydrogens is 307 g/mol. The van der Waals surface area contributed by atoms with Gasteiger partial charge in [0.15, 0.2) is 0 Å². The molecule has 0 radical (unpaired) electrons. The molecule has 0 atom stereocenters. The highest BCUT2D eigenvalue weighted by Crippen LogP contribution is 2.21. The first-order chi connectivity index (χ1) is 9.88. The van der Waals surface area contributed by atoms with Crippen LogP contribution in [0.5, 0.6) is 0 Å². The van der Waals surface area contributed by atoms with E-state index in [1.807, 2.05) is 0 Å². The van der Waals surface area contributed by atoms with Gasteiger partial charge in [-0.15, -0.1) is 0 Å². The van der Waals surface area contributed by atoms with Crippen LogP contribution in [0.2, 0.25) is 5.02 Å². The molecule has 0 saturated carbocycles. The van der Waals surface area contributed by atoms with Gasteiger partial charge >= 0.3 is 5.97 Å². The molecule has 0 saturated heterocycles. The second-order valence-corrected chi connectivity index (χ2v) is 4.64. The largest absolute Gasteiger partial charge is 0.478 e. The average molecular weight is 316 g/mol. The number of carboxylic acids is 1. The molecule has 0 aliphatic carbocycles. The number of nitrogens with one attached hydrogen (secondary N) is 1. The standard InChI is InChI=1S/C14H9ClF3NO2/c15-8-2-1-7(10(16)3-8)6-19-13-4-9(14(20)21)11(17)5-12(13)18/h1-5,19H,6H2,(H,20,21). The smallest absolute Gasteiger partial charge is 0.338 e. The second kappa shape index (κ2) is 6.05. The quantitative estimate of drug-likeness (QED) is 0.894. The van der Waals surface area contributed by atoms with E-state index in [1.54, 1.807) is 0 Å². The van der Waals surface area contributed by atoms with Crippen molar-refractivity contribution in [1.82, 2.24) is 0 Å². The third-order valence-electron chi connectivity index (χ3n) is 2.77. The summed E-state index contributed by atoms with van der Waals surface area (Å²) in [5.41, 5.74) is -0.696. The third kappa shape index (κ3) is 3.46. The Hall–Kier alpha value is -2.21. The minimum Gasteiger partial charge on any atom is -0.478 e. The number of carboxylic acid groups (broad SMARTS) is 1. The molecular formula is C14H9ClF3NO2. The zero-order chi connectivity index (χ0) is 15.6. The van der Waals surface area contributed by atoms with Crippen LogP contribution in [0.1, 0.15) is 15.9 Å². The fourth-order valence-corrected chi connectivity index (χ4v) is 1.86. The van der Waals surface area contributed by atoms with Crippen molar-refractivity contribution in [2.45, 2.75) is 6.54 Å². The maximum absolute atomic E-state index is 13.6. The van der Waals surface area contributed by atoms with Crippen LogP contribution in [0, 0.1) is 17.5 Å². The Morgan fingerprint density at radius 3 is 2.43 bits per heavy atom. The number of benzene rings is 2. The summed E-state index contributed by atoms with van der Waals surface area (Å²) in [6, 6.07) is 5.25. The molecule has 0 aliphatic heterocycles. The van der Waals surface area contributed by atoms with Crippen LogP contribution in [-0.4, -0.2) is 11.1 Å². The summed E-state index contributed by atoms with van der Waals surface area (Å²) in [6.45, 7) is -0.107. The van der Waals surface area contributed by atoms with E-state index in [-0.39, 0.29) is 22.8 Å². The van der Waals surface area contributed by atoms with Crippen LogP contribution in [-0.2, 0) is 6.54 Å². The lowest BCUT2D eigenvalue weighted by Crippen LogP contribution is -2.07. The summed E-state index contributed by atoms with van der Waals surface area (Å²) in [5.74, 6) is -4.25. The number of carbonyl (C=O) groups is 1. The molecule has 0 aliphatic rings. The number of halogens is 4. The van der Waals surface area contributed by atoms with Crippen molar-refractivity contribution in [3.63, 3.8) is 0 Å². The summed E-state index contributed by atoms with van der Waals surface area (Å²) in [4.78, 5) is 10.8. The summed E-state index contributed by atoms with van der Waals surface area (Å²) in [7, 11) is 0. The first-order valence-electron chi connectivity index (χ1n) is 5.78. The molecule has 0 spiro atoms. The molecule has 0 heterocycles. The molecule has 2 rings (SSSR count). The topological polar surface area (TPSA) is 49.3 Å². The van der Waals surface area contributed by atoms with Crippen molar-refractivity contribution in [1.29, 1.82) is 0 Å². The Balaban J connectivity index is 2.23. The fourth-order valence-electron chi connectivity index (χ4n) is 1.70. The maximum Gasteiger partial charge on any atom is 0.338 e. The molecule has 2 aromatic carbocycles. The maximum atomic E-state index is 13.6. The van der Waals surface area contributed by atoms with Crippen molar-refractivity contribution in [2.24, 2.45) is 0 Å². The predicted molar refractivity (Wildman–Crippen MR) is 72.1 cm³/mol. The molecule has 7 heteroatoms. The van der Waals surface area contributed by atoms with Gasteiger partial charge < -0.3 is 10.4 Å². The molecule has 21 heavy (non-hydrogen) atoms. The van der Waals surface area contributed by atoms with Gasteiger partial charge in [0.05, 0.1) is 11.3 Å². The second-order valence-electron chi connectivity index (χ2n) is 4.21. The molecule has 2 N–H and O–H groups in total. The molecule has 0 fully saturated rings. The normalized spacial score (nSPS) is 10.5. The van der Waals surface area contributed by atoms with E-state index in [0.717, 1.165) is 12.1 Å². The lowest BCUT2D eigenvalue weighted by Gasteiger charge is -2.10. The summed E-state index contributed by atoms with van der Waals surface area (Å²) in [5, 5.41) is 11.5. The van der Waals surface area contributed by atoms with Crippen LogP contribution in [0.3, 0.4) is 0 Å². The van der Waals surface area contributed by atoms with E-state index < -0.39 is 29.0 Å². The molecule has 0 amide bonds. The number of hydrogen-bond acceptors (Lipinski definition) is 2. The van der Waals surface area contributed by atoms with Gasteiger partial charge in [-0.2, -0.15) is 0 Å². The Labute approximate surface area is 123 Å². The first kappa shape index (κ1) is 15.2. The SMILES string of the molecule is O=C(O)c1cc(NCc2ccc(Cl)cc2F)c(F)cc1F. The van der Waals surface area contributed by atoms with E-state index in [9.17, 15) is 18.0 Å². The lowest BCUT2D eigenvalue weighted by atomic mass is 10.1. The molecule has 3 nitrogen and oxygen atoms in total. The van der Waals surface area contributed by atoms with Gasteiger partial charge in [-0.1, -0.05) is 17.7 Å². The van der Waals surface area contributed by atoms with Gasteiger partial charge in [0.2, 0.25) is 0 Å². The monoisotopic (exact) mass is 315 g/mol. The van der Waals surface area contributed by atoms with Gasteiger partial charge in [0.1, 0.15) is 17.5 Å². The molecule has 0 aromatic heterocycles. The van der Waals surface area contributed by atoms with E-state index >= 15 is 0 Å². The zero-order valence-electron chi connectivity index (χ0n) is 10.5. The van der Waals surface area contributed by atoms with Gasteiger partial charge in [-0.3, -0.25) is 0 Å². The first-order valence-corrected chi connectivity index (χ1v) is 6.16. The Morgan fingerprint density at radius 2 is 1.81 bits per heavy atom. The van der Waals surface area contributed by atoms with Crippen LogP contribution in [0.15, 0.2) is 30.3 Å². The highest BCUT2D eigenvalue weighted by molar-refractivity contribution is 6.30. The van der Waals surface area contributed by atoms with E-state index in [2.05, 4.69) is 5.32 Å². The van der Waals surface area contributed by atoms with Crippen LogP contribution in [0.25, 0.3) is 0 Å². The fraction of sp³-hybridized carbons (Fsp3) is 0.0714. The minimum absolute atomic E-state index is 0.107. The summed E-state index contributed by atoms with van der Waals surface area (Å²) >= 11 is 5.61. The summed E-state index contributed by atoms with van der Waals surface area (Å²) < 4.78 is 40.3. The molecule has 110 valence electrons. The average Bonchev–Trinajstić information content (AvgIpc) is 2.39. The van der Waals surface area contributed by atoms with Gasteiger partial charge in [0, 0.05) is 23.2 Å². The Bertz CT molecular complexity index is 707. The highest BCUT2D eigenvalue weighted by Gasteiger charge is 2.15. The van der Waals surface area contributed by atoms with Crippen molar-refractivity contribution >= 4 is 23.3 Å². The number of aromatic carboxylic acids is 1. The summed E-state index contributed by atoms with van der Waals surface area (Å²) in [6.07, 6.45) is 0. The highest BCUT2D eigenvalue weighted by atomic mass is 35.5. The zero-order valence-corrected chi connectivity index (χ0v) is 11.2. The molecule has 0 unspecified atom stereocenters. The Kier molecular flexibility index (Phi) is 4.37.